The number of nitrogens with zero attached hydrogens (tertiary/aromatic N) is 1. The molecule has 0 aliphatic rings. The van der Waals surface area contributed by atoms with Crippen molar-refractivity contribution >= 4 is 11.5 Å². The topological polar surface area (TPSA) is 60.2 Å². The summed E-state index contributed by atoms with van der Waals surface area (Å²) in [6.45, 7) is 3.51. The zero-order valence-corrected chi connectivity index (χ0v) is 9.47. The second-order valence-corrected chi connectivity index (χ2v) is 3.85. The number of rotatable bonds is 5. The van der Waals surface area contributed by atoms with Crippen LogP contribution in [0.5, 0.6) is 0 Å². The second-order valence-electron chi connectivity index (χ2n) is 3.85. The summed E-state index contributed by atoms with van der Waals surface area (Å²) in [6, 6.07) is 6.46. The lowest BCUT2D eigenvalue weighted by atomic mass is 9.93. The van der Waals surface area contributed by atoms with Gasteiger partial charge in [0.15, 0.2) is 0 Å². The molecule has 0 spiro atoms. The SMILES string of the molecule is CC[C@H](Cc1cccc([N+](=O)[O-])c1)C(C)=O. The average Bonchev–Trinajstić information content (AvgIpc) is 2.25. The number of hydrogen-bond acceptors (Lipinski definition) is 3. The molecule has 0 heterocycles. The molecule has 0 aliphatic carbocycles. The minimum atomic E-state index is -0.418. The minimum absolute atomic E-state index is 0.0398. The normalized spacial score (nSPS) is 12.1. The highest BCUT2D eigenvalue weighted by Crippen LogP contribution is 2.18. The number of non-ortho nitro benzene ring substituents is 1. The van der Waals surface area contributed by atoms with Crippen molar-refractivity contribution in [1.82, 2.24) is 0 Å². The van der Waals surface area contributed by atoms with Crippen LogP contribution in [0, 0.1) is 16.0 Å². The minimum Gasteiger partial charge on any atom is -0.300 e. The second kappa shape index (κ2) is 5.39. The van der Waals surface area contributed by atoms with Crippen LogP contribution in [0.15, 0.2) is 24.3 Å². The van der Waals surface area contributed by atoms with E-state index in [1.54, 1.807) is 13.0 Å². The summed E-state index contributed by atoms with van der Waals surface area (Å²) >= 11 is 0. The van der Waals surface area contributed by atoms with Gasteiger partial charge in [-0.1, -0.05) is 19.1 Å². The number of nitro groups is 1. The molecule has 0 bridgehead atoms. The van der Waals surface area contributed by atoms with Crippen LogP contribution in [-0.2, 0) is 11.2 Å². The monoisotopic (exact) mass is 221 g/mol. The molecule has 1 aromatic carbocycles. The van der Waals surface area contributed by atoms with Crippen molar-refractivity contribution in [2.24, 2.45) is 5.92 Å². The standard InChI is InChI=1S/C12H15NO3/c1-3-11(9(2)14)7-10-5-4-6-12(8-10)13(15)16/h4-6,8,11H,3,7H2,1-2H3/t11-/m1/s1. The van der Waals surface area contributed by atoms with E-state index >= 15 is 0 Å². The number of nitro benzene ring substituents is 1. The maximum atomic E-state index is 11.3. The lowest BCUT2D eigenvalue weighted by Crippen LogP contribution is -2.12. The summed E-state index contributed by atoms with van der Waals surface area (Å²) in [4.78, 5) is 21.4. The van der Waals surface area contributed by atoms with Gasteiger partial charge in [0, 0.05) is 18.1 Å². The molecule has 0 fully saturated rings. The molecule has 1 rings (SSSR count). The third-order valence-corrected chi connectivity index (χ3v) is 2.67. The largest absolute Gasteiger partial charge is 0.300 e. The fraction of sp³-hybridized carbons (Fsp3) is 0.417. The van der Waals surface area contributed by atoms with E-state index in [-0.39, 0.29) is 17.4 Å². The van der Waals surface area contributed by atoms with Crippen molar-refractivity contribution in [3.8, 4) is 0 Å². The number of ketones is 1. The summed E-state index contributed by atoms with van der Waals surface area (Å²) in [5, 5.41) is 10.6. The summed E-state index contributed by atoms with van der Waals surface area (Å²) in [5.74, 6) is 0.0935. The van der Waals surface area contributed by atoms with Crippen LogP contribution < -0.4 is 0 Å². The fourth-order valence-electron chi connectivity index (χ4n) is 1.66. The smallest absolute Gasteiger partial charge is 0.269 e. The van der Waals surface area contributed by atoms with Crippen LogP contribution in [0.2, 0.25) is 0 Å². The molecule has 0 radical (unpaired) electrons. The molecule has 0 amide bonds. The summed E-state index contributed by atoms with van der Waals surface area (Å²) < 4.78 is 0. The molecule has 86 valence electrons. The van der Waals surface area contributed by atoms with Crippen molar-refractivity contribution in [2.75, 3.05) is 0 Å². The Labute approximate surface area is 94.4 Å². The molecule has 0 N–H and O–H groups in total. The predicted octanol–water partition coefficient (Wildman–Crippen LogP) is 2.75. The molecular formula is C12H15NO3. The first-order valence-electron chi connectivity index (χ1n) is 5.28. The van der Waals surface area contributed by atoms with Crippen molar-refractivity contribution in [2.45, 2.75) is 26.7 Å². The van der Waals surface area contributed by atoms with Gasteiger partial charge in [-0.05, 0) is 25.3 Å². The Hall–Kier alpha value is -1.71. The Balaban J connectivity index is 2.84. The van der Waals surface area contributed by atoms with Crippen LogP contribution in [0.25, 0.3) is 0 Å². The van der Waals surface area contributed by atoms with Crippen LogP contribution in [0.4, 0.5) is 5.69 Å². The van der Waals surface area contributed by atoms with E-state index in [2.05, 4.69) is 0 Å². The van der Waals surface area contributed by atoms with Crippen LogP contribution in [0.1, 0.15) is 25.8 Å². The van der Waals surface area contributed by atoms with E-state index in [1.807, 2.05) is 13.0 Å². The van der Waals surface area contributed by atoms with Crippen molar-refractivity contribution in [3.63, 3.8) is 0 Å². The maximum absolute atomic E-state index is 11.3. The van der Waals surface area contributed by atoms with E-state index in [1.165, 1.54) is 12.1 Å². The van der Waals surface area contributed by atoms with E-state index in [0.29, 0.717) is 6.42 Å². The first-order chi connectivity index (χ1) is 7.54. The van der Waals surface area contributed by atoms with Gasteiger partial charge in [0.05, 0.1) is 4.92 Å². The van der Waals surface area contributed by atoms with Crippen molar-refractivity contribution in [3.05, 3.63) is 39.9 Å². The molecule has 4 heteroatoms. The van der Waals surface area contributed by atoms with Crippen molar-refractivity contribution < 1.29 is 9.72 Å². The van der Waals surface area contributed by atoms with Crippen molar-refractivity contribution in [1.29, 1.82) is 0 Å². The third-order valence-electron chi connectivity index (χ3n) is 2.67. The molecule has 4 nitrogen and oxygen atoms in total. The Morgan fingerprint density at radius 3 is 2.69 bits per heavy atom. The van der Waals surface area contributed by atoms with E-state index in [0.717, 1.165) is 12.0 Å². The summed E-state index contributed by atoms with van der Waals surface area (Å²) in [7, 11) is 0. The highest BCUT2D eigenvalue weighted by molar-refractivity contribution is 5.78. The Bertz CT molecular complexity index is 401. The lowest BCUT2D eigenvalue weighted by Gasteiger charge is -2.10. The first kappa shape index (κ1) is 12.4. The molecule has 1 aromatic rings. The molecule has 16 heavy (non-hydrogen) atoms. The highest BCUT2D eigenvalue weighted by Gasteiger charge is 2.14. The average molecular weight is 221 g/mol. The van der Waals surface area contributed by atoms with E-state index in [9.17, 15) is 14.9 Å². The quantitative estimate of drug-likeness (QED) is 0.567. The van der Waals surface area contributed by atoms with Gasteiger partial charge < -0.3 is 0 Å². The molecule has 0 saturated heterocycles. The summed E-state index contributed by atoms with van der Waals surface area (Å²) in [5.41, 5.74) is 0.923. The van der Waals surface area contributed by atoms with E-state index in [4.69, 9.17) is 0 Å². The zero-order valence-electron chi connectivity index (χ0n) is 9.47. The lowest BCUT2D eigenvalue weighted by molar-refractivity contribution is -0.384. The number of hydrogen-bond donors (Lipinski definition) is 0. The van der Waals surface area contributed by atoms with Gasteiger partial charge in [-0.2, -0.15) is 0 Å². The van der Waals surface area contributed by atoms with Gasteiger partial charge in [-0.15, -0.1) is 0 Å². The maximum Gasteiger partial charge on any atom is 0.269 e. The highest BCUT2D eigenvalue weighted by atomic mass is 16.6. The summed E-state index contributed by atoms with van der Waals surface area (Å²) in [6.07, 6.45) is 1.34. The molecular weight excluding hydrogens is 206 g/mol. The molecule has 1 atom stereocenters. The number of benzene rings is 1. The Kier molecular flexibility index (Phi) is 4.17. The van der Waals surface area contributed by atoms with Crippen LogP contribution in [0.3, 0.4) is 0 Å². The number of Topliss-reactive ketones (excluding diaryl/α,β-unsaturated/α-hetero) is 1. The Morgan fingerprint density at radius 1 is 1.50 bits per heavy atom. The van der Waals surface area contributed by atoms with E-state index < -0.39 is 4.92 Å². The number of carbonyl (C=O) groups is 1. The number of carbonyl (C=O) groups excluding carboxylic acids is 1. The van der Waals surface area contributed by atoms with Crippen LogP contribution >= 0.6 is 0 Å². The molecule has 0 aromatic heterocycles. The van der Waals surface area contributed by atoms with Crippen LogP contribution in [-0.4, -0.2) is 10.7 Å². The zero-order chi connectivity index (χ0) is 12.1. The predicted molar refractivity (Wildman–Crippen MR) is 61.3 cm³/mol. The van der Waals surface area contributed by atoms with Gasteiger partial charge in [0.2, 0.25) is 0 Å². The molecule has 0 aliphatic heterocycles. The van der Waals surface area contributed by atoms with Gasteiger partial charge in [0.1, 0.15) is 5.78 Å². The van der Waals surface area contributed by atoms with Gasteiger partial charge >= 0.3 is 0 Å². The molecule has 0 unspecified atom stereocenters. The van der Waals surface area contributed by atoms with Gasteiger partial charge in [-0.3, -0.25) is 14.9 Å². The van der Waals surface area contributed by atoms with Gasteiger partial charge in [-0.25, -0.2) is 0 Å². The fourth-order valence-corrected chi connectivity index (χ4v) is 1.66. The van der Waals surface area contributed by atoms with Gasteiger partial charge in [0.25, 0.3) is 5.69 Å². The molecule has 0 saturated carbocycles. The first-order valence-corrected chi connectivity index (χ1v) is 5.28. The third kappa shape index (κ3) is 3.15. The Morgan fingerprint density at radius 2 is 2.19 bits per heavy atom.